The van der Waals surface area contributed by atoms with Gasteiger partial charge in [0.25, 0.3) is 0 Å². The van der Waals surface area contributed by atoms with E-state index in [1.807, 2.05) is 19.1 Å². The zero-order valence-electron chi connectivity index (χ0n) is 16.1. The molecule has 0 spiro atoms. The molecule has 0 aliphatic heterocycles. The van der Waals surface area contributed by atoms with Crippen molar-refractivity contribution in [1.82, 2.24) is 0 Å². The van der Waals surface area contributed by atoms with Gasteiger partial charge >= 0.3 is 0 Å². The lowest BCUT2D eigenvalue weighted by molar-refractivity contribution is -0.119. The first kappa shape index (κ1) is 18.0. The second kappa shape index (κ2) is 6.67. The molecule has 4 rings (SSSR count). The number of aliphatic hydroxyl groups is 1. The predicted octanol–water partition coefficient (Wildman–Crippen LogP) is 4.59. The summed E-state index contributed by atoms with van der Waals surface area (Å²) in [5.74, 6) is 2.83. The van der Waals surface area contributed by atoms with Gasteiger partial charge in [0.2, 0.25) is 0 Å². The molecule has 0 radical (unpaired) electrons. The van der Waals surface area contributed by atoms with Crippen molar-refractivity contribution in [3.63, 3.8) is 0 Å². The fraction of sp³-hybridized carbons (Fsp3) is 0.696. The Morgan fingerprint density at radius 1 is 1.27 bits per heavy atom. The van der Waals surface area contributed by atoms with Crippen LogP contribution in [0.1, 0.15) is 75.8 Å². The average molecular weight is 357 g/mol. The molecule has 6 atom stereocenters. The van der Waals surface area contributed by atoms with E-state index in [1.165, 1.54) is 11.1 Å². The number of phenols is 1. The highest BCUT2D eigenvalue weighted by Gasteiger charge is 2.57. The Hall–Kier alpha value is -1.35. The van der Waals surface area contributed by atoms with Crippen molar-refractivity contribution in [2.45, 2.75) is 77.2 Å². The van der Waals surface area contributed by atoms with Crippen LogP contribution < -0.4 is 0 Å². The van der Waals surface area contributed by atoms with Gasteiger partial charge in [-0.15, -0.1) is 0 Å². The highest BCUT2D eigenvalue weighted by molar-refractivity contribution is 5.77. The summed E-state index contributed by atoms with van der Waals surface area (Å²) in [5.41, 5.74) is 2.70. The van der Waals surface area contributed by atoms with Crippen LogP contribution in [-0.4, -0.2) is 22.1 Å². The number of fused-ring (bicyclic) bond motifs is 5. The molecule has 0 saturated heterocycles. The van der Waals surface area contributed by atoms with Gasteiger partial charge in [0, 0.05) is 12.8 Å². The first-order valence-corrected chi connectivity index (χ1v) is 10.5. The number of ketones is 1. The van der Waals surface area contributed by atoms with Crippen LogP contribution in [0.25, 0.3) is 0 Å². The van der Waals surface area contributed by atoms with Gasteiger partial charge in [0.1, 0.15) is 11.5 Å². The van der Waals surface area contributed by atoms with Crippen LogP contribution in [0.4, 0.5) is 0 Å². The Bertz CT molecular complexity index is 697. The standard InChI is InChI=1S/C23H32O3/c1-3-16(24)6-4-15-13-23(2)20(10-11-21(23)26)19-8-5-14-12-17(25)7-9-18(14)22(15)19/h7,9,12,15,19-22,25-26H,3-6,8,10-11,13H2,1-2H3/t15-,19-,20-,21-,22+,23-/m0/s1. The lowest BCUT2D eigenvalue weighted by atomic mass is 9.51. The Morgan fingerprint density at radius 2 is 2.08 bits per heavy atom. The third-order valence-corrected chi connectivity index (χ3v) is 7.97. The quantitative estimate of drug-likeness (QED) is 0.829. The summed E-state index contributed by atoms with van der Waals surface area (Å²) in [6.07, 6.45) is 7.27. The van der Waals surface area contributed by atoms with Crippen LogP contribution in [0.5, 0.6) is 5.75 Å². The molecule has 1 aromatic rings. The molecule has 0 amide bonds. The Balaban J connectivity index is 1.70. The highest BCUT2D eigenvalue weighted by atomic mass is 16.3. The zero-order chi connectivity index (χ0) is 18.5. The van der Waals surface area contributed by atoms with Crippen molar-refractivity contribution in [1.29, 1.82) is 0 Å². The van der Waals surface area contributed by atoms with Crippen molar-refractivity contribution in [3.05, 3.63) is 29.3 Å². The Morgan fingerprint density at radius 3 is 2.85 bits per heavy atom. The number of benzene rings is 1. The molecule has 0 heterocycles. The van der Waals surface area contributed by atoms with Crippen LogP contribution in [0.15, 0.2) is 18.2 Å². The summed E-state index contributed by atoms with van der Waals surface area (Å²) in [6.45, 7) is 4.25. The van der Waals surface area contributed by atoms with Crippen molar-refractivity contribution < 1.29 is 15.0 Å². The summed E-state index contributed by atoms with van der Waals surface area (Å²) in [6, 6.07) is 5.90. The van der Waals surface area contributed by atoms with E-state index in [2.05, 4.69) is 13.0 Å². The van der Waals surface area contributed by atoms with Gasteiger partial charge in [0.15, 0.2) is 0 Å². The number of aromatic hydroxyl groups is 1. The predicted molar refractivity (Wildman–Crippen MR) is 102 cm³/mol. The van der Waals surface area contributed by atoms with E-state index < -0.39 is 0 Å². The number of aryl methyl sites for hydroxylation is 1. The van der Waals surface area contributed by atoms with Gasteiger partial charge in [0.05, 0.1) is 6.10 Å². The molecule has 3 aliphatic rings. The molecule has 1 aromatic carbocycles. The van der Waals surface area contributed by atoms with Gasteiger partial charge in [-0.1, -0.05) is 19.9 Å². The van der Waals surface area contributed by atoms with E-state index in [1.54, 1.807) is 0 Å². The van der Waals surface area contributed by atoms with Crippen molar-refractivity contribution in [3.8, 4) is 5.75 Å². The Labute approximate surface area is 156 Å². The molecular weight excluding hydrogens is 324 g/mol. The molecule has 2 saturated carbocycles. The SMILES string of the molecule is CCC(=O)CC[C@H]1C[C@]2(C)[C@@H](O)CC[C@H]2[C@@H]2CCc3cc(O)ccc3[C@@H]12. The first-order valence-electron chi connectivity index (χ1n) is 10.5. The number of Topliss-reactive ketones (excluding diaryl/α,β-unsaturated/α-hetero) is 1. The van der Waals surface area contributed by atoms with Gasteiger partial charge < -0.3 is 10.2 Å². The zero-order valence-corrected chi connectivity index (χ0v) is 16.1. The third-order valence-electron chi connectivity index (χ3n) is 7.97. The number of phenolic OH excluding ortho intramolecular Hbond substituents is 1. The molecular formula is C23H32O3. The Kier molecular flexibility index (Phi) is 4.63. The van der Waals surface area contributed by atoms with E-state index >= 15 is 0 Å². The van der Waals surface area contributed by atoms with Gasteiger partial charge in [-0.2, -0.15) is 0 Å². The largest absolute Gasteiger partial charge is 0.508 e. The lowest BCUT2D eigenvalue weighted by Gasteiger charge is -2.54. The summed E-state index contributed by atoms with van der Waals surface area (Å²) in [4.78, 5) is 12.0. The fourth-order valence-corrected chi connectivity index (χ4v) is 6.65. The second-order valence-corrected chi connectivity index (χ2v) is 9.21. The minimum Gasteiger partial charge on any atom is -0.508 e. The van der Waals surface area contributed by atoms with E-state index in [0.717, 1.165) is 38.5 Å². The molecule has 0 unspecified atom stereocenters. The average Bonchev–Trinajstić information content (AvgIpc) is 2.93. The first-order chi connectivity index (χ1) is 12.4. The molecule has 26 heavy (non-hydrogen) atoms. The van der Waals surface area contributed by atoms with Crippen LogP contribution in [0, 0.1) is 23.2 Å². The van der Waals surface area contributed by atoms with E-state index in [4.69, 9.17) is 0 Å². The number of rotatable bonds is 4. The maximum atomic E-state index is 12.0. The molecule has 0 aromatic heterocycles. The highest BCUT2D eigenvalue weighted by Crippen LogP contribution is 2.63. The van der Waals surface area contributed by atoms with Gasteiger partial charge in [-0.3, -0.25) is 4.79 Å². The summed E-state index contributed by atoms with van der Waals surface area (Å²) in [5, 5.41) is 20.7. The fourth-order valence-electron chi connectivity index (χ4n) is 6.65. The summed E-state index contributed by atoms with van der Waals surface area (Å²) in [7, 11) is 0. The summed E-state index contributed by atoms with van der Waals surface area (Å²) >= 11 is 0. The number of hydrogen-bond donors (Lipinski definition) is 2. The minimum atomic E-state index is -0.195. The monoisotopic (exact) mass is 356 g/mol. The molecule has 3 nitrogen and oxygen atoms in total. The van der Waals surface area contributed by atoms with Gasteiger partial charge in [-0.25, -0.2) is 0 Å². The maximum Gasteiger partial charge on any atom is 0.132 e. The third kappa shape index (κ3) is 2.79. The van der Waals surface area contributed by atoms with Crippen LogP contribution in [-0.2, 0) is 11.2 Å². The number of hydrogen-bond acceptors (Lipinski definition) is 3. The van der Waals surface area contributed by atoms with Crippen LogP contribution in [0.3, 0.4) is 0 Å². The topological polar surface area (TPSA) is 57.5 Å². The van der Waals surface area contributed by atoms with Crippen molar-refractivity contribution in [2.24, 2.45) is 23.2 Å². The van der Waals surface area contributed by atoms with E-state index in [-0.39, 0.29) is 11.5 Å². The number of carbonyl (C=O) groups is 1. The molecule has 2 fully saturated rings. The molecule has 3 aliphatic carbocycles. The molecule has 142 valence electrons. The maximum absolute atomic E-state index is 12.0. The van der Waals surface area contributed by atoms with Crippen LogP contribution >= 0.6 is 0 Å². The van der Waals surface area contributed by atoms with Gasteiger partial charge in [-0.05, 0) is 90.9 Å². The normalized spacial score (nSPS) is 38.3. The molecule has 3 heteroatoms. The van der Waals surface area contributed by atoms with Crippen LogP contribution in [0.2, 0.25) is 0 Å². The number of aliphatic hydroxyl groups excluding tert-OH is 1. The number of carbonyl (C=O) groups excluding carboxylic acids is 1. The summed E-state index contributed by atoms with van der Waals surface area (Å²) < 4.78 is 0. The smallest absolute Gasteiger partial charge is 0.132 e. The minimum absolute atomic E-state index is 0.00944. The lowest BCUT2D eigenvalue weighted by Crippen LogP contribution is -2.48. The second-order valence-electron chi connectivity index (χ2n) is 9.21. The van der Waals surface area contributed by atoms with E-state index in [0.29, 0.717) is 48.0 Å². The van der Waals surface area contributed by atoms with E-state index in [9.17, 15) is 15.0 Å². The van der Waals surface area contributed by atoms with Crippen molar-refractivity contribution in [2.75, 3.05) is 0 Å². The van der Waals surface area contributed by atoms with Crippen molar-refractivity contribution >= 4 is 5.78 Å². The molecule has 2 N–H and O–H groups in total. The molecule has 0 bridgehead atoms.